The molecule has 0 atom stereocenters. The Morgan fingerprint density at radius 2 is 1.55 bits per heavy atom. The predicted molar refractivity (Wildman–Crippen MR) is 90.0 cm³/mol. The molecule has 0 aliphatic carbocycles. The van der Waals surface area contributed by atoms with E-state index in [2.05, 4.69) is 16.0 Å². The van der Waals surface area contributed by atoms with Gasteiger partial charge in [-0.15, -0.1) is 0 Å². The third-order valence-corrected chi connectivity index (χ3v) is 2.58. The van der Waals surface area contributed by atoms with Gasteiger partial charge in [0.05, 0.1) is 6.54 Å². The minimum atomic E-state index is -0.285. The Morgan fingerprint density at radius 3 is 2.09 bits per heavy atom. The van der Waals surface area contributed by atoms with E-state index in [9.17, 15) is 9.59 Å². The monoisotopic (exact) mass is 305 g/mol. The molecule has 0 saturated heterocycles. The van der Waals surface area contributed by atoms with Crippen molar-refractivity contribution in [3.05, 3.63) is 29.8 Å². The molecule has 0 aliphatic heterocycles. The van der Waals surface area contributed by atoms with Crippen LogP contribution < -0.4 is 16.0 Å². The van der Waals surface area contributed by atoms with E-state index in [0.29, 0.717) is 5.56 Å². The fraction of sp³-hybridized carbons (Fsp3) is 0.529. The molecule has 0 bridgehead atoms. The second kappa shape index (κ2) is 6.81. The molecule has 5 nitrogen and oxygen atoms in total. The van der Waals surface area contributed by atoms with Crippen LogP contribution in [0.25, 0.3) is 0 Å². The molecule has 2 amide bonds. The van der Waals surface area contributed by atoms with E-state index >= 15 is 0 Å². The van der Waals surface area contributed by atoms with Gasteiger partial charge in [0.2, 0.25) is 5.91 Å². The third kappa shape index (κ3) is 7.11. The molecule has 0 aromatic heterocycles. The highest BCUT2D eigenvalue weighted by Gasteiger charge is 2.16. The molecule has 0 saturated carbocycles. The van der Waals surface area contributed by atoms with E-state index in [1.54, 1.807) is 18.2 Å². The Hall–Kier alpha value is -2.04. The van der Waals surface area contributed by atoms with E-state index < -0.39 is 0 Å². The average Bonchev–Trinajstić information content (AvgIpc) is 2.32. The Morgan fingerprint density at radius 1 is 0.955 bits per heavy atom. The zero-order chi connectivity index (χ0) is 17.0. The SMILES string of the molecule is CC(C)(C)NC(=O)CNc1cccc(C(=O)NC(C)(C)C)c1. The van der Waals surface area contributed by atoms with Gasteiger partial charge in [-0.3, -0.25) is 9.59 Å². The highest BCUT2D eigenvalue weighted by molar-refractivity contribution is 5.95. The first-order chi connectivity index (χ1) is 9.96. The van der Waals surface area contributed by atoms with Crippen LogP contribution >= 0.6 is 0 Å². The first-order valence-electron chi connectivity index (χ1n) is 7.44. The minimum Gasteiger partial charge on any atom is -0.376 e. The number of carbonyl (C=O) groups excluding carboxylic acids is 2. The van der Waals surface area contributed by atoms with Crippen LogP contribution in [0.4, 0.5) is 5.69 Å². The van der Waals surface area contributed by atoms with E-state index in [1.165, 1.54) is 0 Å². The van der Waals surface area contributed by atoms with Crippen molar-refractivity contribution in [3.8, 4) is 0 Å². The van der Waals surface area contributed by atoms with Crippen LogP contribution in [0.15, 0.2) is 24.3 Å². The highest BCUT2D eigenvalue weighted by Crippen LogP contribution is 2.12. The number of benzene rings is 1. The number of carbonyl (C=O) groups is 2. The summed E-state index contributed by atoms with van der Waals surface area (Å²) in [6.45, 7) is 11.8. The minimum absolute atomic E-state index is 0.0861. The zero-order valence-electron chi connectivity index (χ0n) is 14.3. The Labute approximate surface area is 132 Å². The maximum Gasteiger partial charge on any atom is 0.251 e. The topological polar surface area (TPSA) is 70.2 Å². The summed E-state index contributed by atoms with van der Waals surface area (Å²) in [6.07, 6.45) is 0. The number of hydrogen-bond acceptors (Lipinski definition) is 3. The normalized spacial score (nSPS) is 11.7. The van der Waals surface area contributed by atoms with Crippen LogP contribution in [0.2, 0.25) is 0 Å². The fourth-order valence-corrected chi connectivity index (χ4v) is 1.83. The number of anilines is 1. The Balaban J connectivity index is 2.65. The molecule has 0 aliphatic rings. The summed E-state index contributed by atoms with van der Waals surface area (Å²) in [6, 6.07) is 7.12. The van der Waals surface area contributed by atoms with Gasteiger partial charge in [-0.05, 0) is 59.7 Å². The first-order valence-corrected chi connectivity index (χ1v) is 7.44. The van der Waals surface area contributed by atoms with Gasteiger partial charge in [0.1, 0.15) is 0 Å². The first kappa shape index (κ1) is 18.0. The standard InChI is InChI=1S/C17H27N3O2/c1-16(2,3)19-14(21)11-18-13-9-7-8-12(10-13)15(22)20-17(4,5)6/h7-10,18H,11H2,1-6H3,(H,19,21)(H,20,22). The molecule has 22 heavy (non-hydrogen) atoms. The lowest BCUT2D eigenvalue weighted by Crippen LogP contribution is -2.43. The molecule has 0 radical (unpaired) electrons. The summed E-state index contributed by atoms with van der Waals surface area (Å²) < 4.78 is 0. The Bertz CT molecular complexity index is 540. The second-order valence-electron chi connectivity index (χ2n) is 7.44. The summed E-state index contributed by atoms with van der Waals surface area (Å²) in [7, 11) is 0. The van der Waals surface area contributed by atoms with Crippen molar-refractivity contribution in [1.82, 2.24) is 10.6 Å². The van der Waals surface area contributed by atoms with Crippen LogP contribution in [0.3, 0.4) is 0 Å². The van der Waals surface area contributed by atoms with Crippen LogP contribution in [0.1, 0.15) is 51.9 Å². The van der Waals surface area contributed by atoms with Gasteiger partial charge < -0.3 is 16.0 Å². The van der Waals surface area contributed by atoms with Crippen molar-refractivity contribution in [3.63, 3.8) is 0 Å². The van der Waals surface area contributed by atoms with Crippen molar-refractivity contribution in [1.29, 1.82) is 0 Å². The van der Waals surface area contributed by atoms with Gasteiger partial charge in [-0.1, -0.05) is 6.07 Å². The summed E-state index contributed by atoms with van der Waals surface area (Å²) in [4.78, 5) is 23.9. The predicted octanol–water partition coefficient (Wildman–Crippen LogP) is 2.54. The molecule has 0 fully saturated rings. The van der Waals surface area contributed by atoms with E-state index in [0.717, 1.165) is 5.69 Å². The molecule has 1 aromatic rings. The lowest BCUT2D eigenvalue weighted by atomic mass is 10.1. The van der Waals surface area contributed by atoms with Crippen molar-refractivity contribution >= 4 is 17.5 Å². The number of nitrogens with one attached hydrogen (secondary N) is 3. The van der Waals surface area contributed by atoms with E-state index in [-0.39, 0.29) is 29.4 Å². The lowest BCUT2D eigenvalue weighted by molar-refractivity contribution is -0.120. The van der Waals surface area contributed by atoms with Crippen LogP contribution in [-0.2, 0) is 4.79 Å². The van der Waals surface area contributed by atoms with Crippen LogP contribution in [0.5, 0.6) is 0 Å². The van der Waals surface area contributed by atoms with Crippen LogP contribution in [-0.4, -0.2) is 29.4 Å². The maximum atomic E-state index is 12.1. The quantitative estimate of drug-likeness (QED) is 0.800. The summed E-state index contributed by atoms with van der Waals surface area (Å²) >= 11 is 0. The molecule has 122 valence electrons. The third-order valence-electron chi connectivity index (χ3n) is 2.58. The largest absolute Gasteiger partial charge is 0.376 e. The summed E-state index contributed by atoms with van der Waals surface area (Å²) in [5.74, 6) is -0.215. The zero-order valence-corrected chi connectivity index (χ0v) is 14.3. The molecule has 0 spiro atoms. The maximum absolute atomic E-state index is 12.1. The van der Waals surface area contributed by atoms with Crippen molar-refractivity contribution < 1.29 is 9.59 Å². The second-order valence-corrected chi connectivity index (χ2v) is 7.44. The molecule has 1 rings (SSSR count). The number of hydrogen-bond donors (Lipinski definition) is 3. The molecular weight excluding hydrogens is 278 g/mol. The molecular formula is C17H27N3O2. The molecule has 3 N–H and O–H groups in total. The Kier molecular flexibility index (Phi) is 5.58. The molecule has 1 aromatic carbocycles. The highest BCUT2D eigenvalue weighted by atomic mass is 16.2. The summed E-state index contributed by atoms with van der Waals surface area (Å²) in [5.41, 5.74) is 0.766. The van der Waals surface area contributed by atoms with Crippen LogP contribution in [0, 0.1) is 0 Å². The van der Waals surface area contributed by atoms with Gasteiger partial charge in [-0.2, -0.15) is 0 Å². The van der Waals surface area contributed by atoms with E-state index in [1.807, 2.05) is 47.6 Å². The fourth-order valence-electron chi connectivity index (χ4n) is 1.83. The van der Waals surface area contributed by atoms with Crippen molar-refractivity contribution in [2.45, 2.75) is 52.6 Å². The van der Waals surface area contributed by atoms with Gasteiger partial charge >= 0.3 is 0 Å². The molecule has 0 unspecified atom stereocenters. The lowest BCUT2D eigenvalue weighted by Gasteiger charge is -2.21. The van der Waals surface area contributed by atoms with Gasteiger partial charge in [0, 0.05) is 22.3 Å². The smallest absolute Gasteiger partial charge is 0.251 e. The van der Waals surface area contributed by atoms with Crippen molar-refractivity contribution in [2.75, 3.05) is 11.9 Å². The van der Waals surface area contributed by atoms with Gasteiger partial charge in [0.25, 0.3) is 5.91 Å². The average molecular weight is 305 g/mol. The summed E-state index contributed by atoms with van der Waals surface area (Å²) in [5, 5.41) is 8.82. The van der Waals surface area contributed by atoms with E-state index in [4.69, 9.17) is 0 Å². The number of amides is 2. The van der Waals surface area contributed by atoms with Gasteiger partial charge in [0.15, 0.2) is 0 Å². The van der Waals surface area contributed by atoms with Crippen molar-refractivity contribution in [2.24, 2.45) is 0 Å². The van der Waals surface area contributed by atoms with Gasteiger partial charge in [-0.25, -0.2) is 0 Å². The number of rotatable bonds is 4. The molecule has 0 heterocycles. The molecule has 5 heteroatoms.